The van der Waals surface area contributed by atoms with Gasteiger partial charge in [0.1, 0.15) is 0 Å². The molecular weight excluding hydrogens is 194 g/mol. The van der Waals surface area contributed by atoms with Crippen molar-refractivity contribution in [3.8, 4) is 0 Å². The van der Waals surface area contributed by atoms with Crippen LogP contribution < -0.4 is 5.32 Å². The van der Waals surface area contributed by atoms with E-state index in [1.165, 1.54) is 0 Å². The van der Waals surface area contributed by atoms with Crippen molar-refractivity contribution in [1.29, 1.82) is 0 Å². The average molecular weight is 211 g/mol. The first kappa shape index (κ1) is 10.6. The number of rotatable bonds is 4. The van der Waals surface area contributed by atoms with Crippen LogP contribution in [0, 0.1) is 6.92 Å². The van der Waals surface area contributed by atoms with Crippen molar-refractivity contribution in [3.63, 3.8) is 0 Å². The fourth-order valence-corrected chi connectivity index (χ4v) is 1.79. The summed E-state index contributed by atoms with van der Waals surface area (Å²) in [5.74, 6) is 1.31. The van der Waals surface area contributed by atoms with Crippen molar-refractivity contribution < 1.29 is 9.26 Å². The van der Waals surface area contributed by atoms with Gasteiger partial charge in [0.15, 0.2) is 5.82 Å². The van der Waals surface area contributed by atoms with Crippen molar-refractivity contribution >= 4 is 0 Å². The van der Waals surface area contributed by atoms with Crippen LogP contribution in [0.2, 0.25) is 0 Å². The zero-order chi connectivity index (χ0) is 10.7. The van der Waals surface area contributed by atoms with E-state index in [2.05, 4.69) is 22.4 Å². The van der Waals surface area contributed by atoms with Gasteiger partial charge < -0.3 is 14.6 Å². The van der Waals surface area contributed by atoms with Crippen molar-refractivity contribution in [2.24, 2.45) is 0 Å². The molecule has 0 amide bonds. The Balaban J connectivity index is 1.77. The lowest BCUT2D eigenvalue weighted by Crippen LogP contribution is -2.36. The summed E-state index contributed by atoms with van der Waals surface area (Å²) in [6.45, 7) is 5.44. The van der Waals surface area contributed by atoms with Crippen molar-refractivity contribution in [2.75, 3.05) is 6.61 Å². The fourth-order valence-electron chi connectivity index (χ4n) is 1.79. The molecule has 1 aromatic heterocycles. The monoisotopic (exact) mass is 211 g/mol. The molecule has 1 aromatic rings. The first-order chi connectivity index (χ1) is 7.25. The molecule has 2 heterocycles. The molecule has 15 heavy (non-hydrogen) atoms. The Morgan fingerprint density at radius 1 is 1.60 bits per heavy atom. The molecule has 0 radical (unpaired) electrons. The second-order valence-corrected chi connectivity index (χ2v) is 3.95. The smallest absolute Gasteiger partial charge is 0.223 e. The third kappa shape index (κ3) is 2.76. The summed E-state index contributed by atoms with van der Waals surface area (Å²) in [7, 11) is 0. The molecule has 5 heteroatoms. The fraction of sp³-hybridized carbons (Fsp3) is 0.800. The quantitative estimate of drug-likeness (QED) is 0.806. The molecule has 0 aromatic carbocycles. The molecule has 0 spiro atoms. The zero-order valence-electron chi connectivity index (χ0n) is 9.19. The van der Waals surface area contributed by atoms with E-state index in [-0.39, 0.29) is 0 Å². The molecule has 1 N–H and O–H groups in total. The van der Waals surface area contributed by atoms with E-state index in [1.54, 1.807) is 6.92 Å². The van der Waals surface area contributed by atoms with Crippen molar-refractivity contribution in [2.45, 2.75) is 45.4 Å². The minimum atomic E-state index is 0.331. The number of ether oxygens (including phenoxy) is 1. The lowest BCUT2D eigenvalue weighted by Gasteiger charge is -2.18. The summed E-state index contributed by atoms with van der Waals surface area (Å²) < 4.78 is 10.5. The minimum Gasteiger partial charge on any atom is -0.377 e. The van der Waals surface area contributed by atoms with Crippen molar-refractivity contribution in [3.05, 3.63) is 11.7 Å². The van der Waals surface area contributed by atoms with Gasteiger partial charge in [-0.3, -0.25) is 0 Å². The van der Waals surface area contributed by atoms with Gasteiger partial charge in [-0.25, -0.2) is 0 Å². The van der Waals surface area contributed by atoms with E-state index in [0.717, 1.165) is 19.4 Å². The van der Waals surface area contributed by atoms with Gasteiger partial charge in [0, 0.05) is 19.6 Å². The van der Waals surface area contributed by atoms with Crippen LogP contribution in [0.4, 0.5) is 0 Å². The highest BCUT2D eigenvalue weighted by atomic mass is 16.5. The molecule has 2 rings (SSSR count). The maximum atomic E-state index is 5.58. The Hall–Kier alpha value is -0.940. The summed E-state index contributed by atoms with van der Waals surface area (Å²) in [5, 5.41) is 7.17. The van der Waals surface area contributed by atoms with Crippen LogP contribution in [0.15, 0.2) is 4.52 Å². The van der Waals surface area contributed by atoms with Gasteiger partial charge in [-0.15, -0.1) is 0 Å². The van der Waals surface area contributed by atoms with E-state index in [0.29, 0.717) is 30.4 Å². The molecule has 2 unspecified atom stereocenters. The zero-order valence-corrected chi connectivity index (χ0v) is 9.19. The summed E-state index contributed by atoms with van der Waals surface area (Å²) >= 11 is 0. The predicted molar refractivity (Wildman–Crippen MR) is 54.3 cm³/mol. The SMILES string of the molecule is Cc1nc(CNC(C)C2CCCO2)no1. The van der Waals surface area contributed by atoms with Crippen LogP contribution >= 0.6 is 0 Å². The topological polar surface area (TPSA) is 60.2 Å². The van der Waals surface area contributed by atoms with Gasteiger partial charge in [-0.2, -0.15) is 4.98 Å². The number of aromatic nitrogens is 2. The molecule has 5 nitrogen and oxygen atoms in total. The number of nitrogens with zero attached hydrogens (tertiary/aromatic N) is 2. The number of hydrogen-bond acceptors (Lipinski definition) is 5. The molecule has 84 valence electrons. The molecule has 1 fully saturated rings. The van der Waals surface area contributed by atoms with Crippen LogP contribution in [-0.4, -0.2) is 28.9 Å². The van der Waals surface area contributed by atoms with Crippen LogP contribution in [0.5, 0.6) is 0 Å². The largest absolute Gasteiger partial charge is 0.377 e. The third-order valence-electron chi connectivity index (χ3n) is 2.67. The highest BCUT2D eigenvalue weighted by Crippen LogP contribution is 2.15. The standard InChI is InChI=1S/C10H17N3O2/c1-7(9-4-3-5-14-9)11-6-10-12-8(2)15-13-10/h7,9,11H,3-6H2,1-2H3. The second-order valence-electron chi connectivity index (χ2n) is 3.95. The molecular formula is C10H17N3O2. The van der Waals surface area contributed by atoms with Crippen molar-refractivity contribution in [1.82, 2.24) is 15.5 Å². The predicted octanol–water partition coefficient (Wildman–Crippen LogP) is 1.04. The van der Waals surface area contributed by atoms with Gasteiger partial charge in [0.25, 0.3) is 0 Å². The second kappa shape index (κ2) is 4.72. The Kier molecular flexibility index (Phi) is 3.33. The normalized spacial score (nSPS) is 23.2. The molecule has 0 aliphatic carbocycles. The molecule has 0 saturated carbocycles. The number of hydrogen-bond donors (Lipinski definition) is 1. The highest BCUT2D eigenvalue weighted by molar-refractivity contribution is 4.85. The van der Waals surface area contributed by atoms with Crippen LogP contribution in [0.3, 0.4) is 0 Å². The Bertz CT molecular complexity index is 307. The van der Waals surface area contributed by atoms with Crippen LogP contribution in [0.25, 0.3) is 0 Å². The molecule has 0 bridgehead atoms. The average Bonchev–Trinajstić information content (AvgIpc) is 2.84. The summed E-state index contributed by atoms with van der Waals surface area (Å²) in [4.78, 5) is 4.13. The van der Waals surface area contributed by atoms with Gasteiger partial charge in [0.2, 0.25) is 5.89 Å². The Labute approximate surface area is 89.2 Å². The van der Waals surface area contributed by atoms with Gasteiger partial charge in [-0.1, -0.05) is 5.16 Å². The van der Waals surface area contributed by atoms with E-state index in [1.807, 2.05) is 0 Å². The lowest BCUT2D eigenvalue weighted by atomic mass is 10.1. The van der Waals surface area contributed by atoms with E-state index < -0.39 is 0 Å². The first-order valence-corrected chi connectivity index (χ1v) is 5.40. The van der Waals surface area contributed by atoms with E-state index in [4.69, 9.17) is 9.26 Å². The summed E-state index contributed by atoms with van der Waals surface area (Å²) in [6.07, 6.45) is 2.63. The van der Waals surface area contributed by atoms with E-state index >= 15 is 0 Å². The van der Waals surface area contributed by atoms with E-state index in [9.17, 15) is 0 Å². The van der Waals surface area contributed by atoms with Crippen LogP contribution in [-0.2, 0) is 11.3 Å². The maximum absolute atomic E-state index is 5.58. The summed E-state index contributed by atoms with van der Waals surface area (Å²) in [6, 6.07) is 0.339. The third-order valence-corrected chi connectivity index (χ3v) is 2.67. The van der Waals surface area contributed by atoms with Crippen LogP contribution in [0.1, 0.15) is 31.5 Å². The Morgan fingerprint density at radius 2 is 2.47 bits per heavy atom. The van der Waals surface area contributed by atoms with Gasteiger partial charge in [-0.05, 0) is 19.8 Å². The molecule has 1 aliphatic rings. The number of nitrogens with one attached hydrogen (secondary N) is 1. The molecule has 1 saturated heterocycles. The summed E-state index contributed by atoms with van der Waals surface area (Å²) in [5.41, 5.74) is 0. The highest BCUT2D eigenvalue weighted by Gasteiger charge is 2.22. The molecule has 2 atom stereocenters. The minimum absolute atomic E-state index is 0.331. The van der Waals surface area contributed by atoms with Gasteiger partial charge in [0.05, 0.1) is 12.6 Å². The first-order valence-electron chi connectivity index (χ1n) is 5.40. The van der Waals surface area contributed by atoms with Gasteiger partial charge >= 0.3 is 0 Å². The maximum Gasteiger partial charge on any atom is 0.223 e. The molecule has 1 aliphatic heterocycles. The number of aryl methyl sites for hydroxylation is 1. The Morgan fingerprint density at radius 3 is 3.07 bits per heavy atom. The lowest BCUT2D eigenvalue weighted by molar-refractivity contribution is 0.0829.